The van der Waals surface area contributed by atoms with Crippen LogP contribution in [0.3, 0.4) is 0 Å². The molecule has 0 bridgehead atoms. The maximum absolute atomic E-state index is 4.74. The number of nitrogens with zero attached hydrogens (tertiary/aromatic N) is 1. The largest absolute Gasteiger partial charge is 0.612 e. The van der Waals surface area contributed by atoms with Crippen molar-refractivity contribution in [2.75, 3.05) is 0 Å². The van der Waals surface area contributed by atoms with Gasteiger partial charge in [-0.05, 0) is 12.1 Å². The van der Waals surface area contributed by atoms with E-state index in [0.29, 0.717) is 0 Å². The highest BCUT2D eigenvalue weighted by Gasteiger charge is 1.90. The van der Waals surface area contributed by atoms with Crippen molar-refractivity contribution in [1.29, 1.82) is 0 Å². The molecule has 1 radical (unpaired) electrons. The first-order valence-corrected chi connectivity index (χ1v) is 2.41. The Bertz CT molecular complexity index is 154. The van der Waals surface area contributed by atoms with Gasteiger partial charge in [0.05, 0.1) is 0 Å². The summed E-state index contributed by atoms with van der Waals surface area (Å²) in [6.45, 7) is 0. The lowest BCUT2D eigenvalue weighted by Crippen LogP contribution is -2.19. The van der Waals surface area contributed by atoms with Crippen LogP contribution in [-0.4, -0.2) is 12.4 Å². The lowest BCUT2D eigenvalue weighted by atomic mass is 10.4. The molecule has 0 fully saturated rings. The smallest absolute Gasteiger partial charge is 0.446 e. The van der Waals surface area contributed by atoms with Crippen LogP contribution in [0.5, 0.6) is 0 Å². The average molecular weight is 125 g/mol. The average Bonchev–Trinajstić information content (AvgIpc) is 2.34. The summed E-state index contributed by atoms with van der Waals surface area (Å²) in [6.07, 6.45) is 3.44. The van der Waals surface area contributed by atoms with Crippen molar-refractivity contribution in [2.45, 2.75) is 0 Å². The second-order valence-electron chi connectivity index (χ2n) is 1.38. The lowest BCUT2D eigenvalue weighted by molar-refractivity contribution is 0.205. The molecule has 5 heteroatoms. The normalized spacial score (nSPS) is 9.00. The van der Waals surface area contributed by atoms with Crippen LogP contribution in [0.15, 0.2) is 24.5 Å². The van der Waals surface area contributed by atoms with Gasteiger partial charge in [-0.3, -0.25) is 0 Å². The summed E-state index contributed by atoms with van der Waals surface area (Å²) < 4.78 is 10.2. The van der Waals surface area contributed by atoms with Crippen LogP contribution >= 0.6 is 0 Å². The van der Waals surface area contributed by atoms with E-state index in [2.05, 4.69) is 10.7 Å². The van der Waals surface area contributed by atoms with E-state index in [9.17, 15) is 0 Å². The maximum atomic E-state index is 4.74. The molecule has 0 aliphatic heterocycles. The summed E-state index contributed by atoms with van der Waals surface area (Å²) in [6, 6.07) is 3.65. The summed E-state index contributed by atoms with van der Waals surface area (Å²) in [7, 11) is 1.03. The van der Waals surface area contributed by atoms with E-state index in [1.165, 1.54) is 4.73 Å². The molecule has 0 aliphatic carbocycles. The van der Waals surface area contributed by atoms with Gasteiger partial charge in [-0.25, -0.2) is 10.6 Å². The zero-order chi connectivity index (χ0) is 6.53. The Labute approximate surface area is 53.4 Å². The highest BCUT2D eigenvalue weighted by molar-refractivity contribution is 6.17. The standard InChI is InChI=1S/C4H6BN2O2/c6-8-5-9-7-3-1-2-4-7/h1-4H,6H2. The zero-order valence-electron chi connectivity index (χ0n) is 4.73. The van der Waals surface area contributed by atoms with E-state index >= 15 is 0 Å². The molecule has 0 amide bonds. The first-order chi connectivity index (χ1) is 4.43. The molecule has 0 saturated heterocycles. The molecule has 1 aromatic heterocycles. The molecule has 47 valence electrons. The van der Waals surface area contributed by atoms with Crippen LogP contribution in [0.25, 0.3) is 0 Å². The predicted octanol–water partition coefficient (Wildman–Crippen LogP) is -0.659. The fourth-order valence-electron chi connectivity index (χ4n) is 0.464. The third kappa shape index (κ3) is 1.79. The van der Waals surface area contributed by atoms with Gasteiger partial charge in [0.25, 0.3) is 0 Å². The molecule has 0 spiro atoms. The van der Waals surface area contributed by atoms with Gasteiger partial charge < -0.3 is 9.51 Å². The third-order valence-corrected chi connectivity index (χ3v) is 0.797. The molecule has 0 atom stereocenters. The minimum atomic E-state index is 1.03. The van der Waals surface area contributed by atoms with Gasteiger partial charge in [0, 0.05) is 12.4 Å². The SMILES string of the molecule is NO[B]On1cccc1. The van der Waals surface area contributed by atoms with Crippen molar-refractivity contribution < 1.29 is 9.51 Å². The summed E-state index contributed by atoms with van der Waals surface area (Å²) in [5.41, 5.74) is 0. The van der Waals surface area contributed by atoms with Gasteiger partial charge in [-0.15, -0.1) is 0 Å². The lowest BCUT2D eigenvalue weighted by Gasteiger charge is -1.99. The molecule has 1 heterocycles. The molecule has 9 heavy (non-hydrogen) atoms. The van der Waals surface area contributed by atoms with Gasteiger partial charge in [0.1, 0.15) is 0 Å². The summed E-state index contributed by atoms with van der Waals surface area (Å²) >= 11 is 0. The van der Waals surface area contributed by atoms with Gasteiger partial charge in [-0.2, -0.15) is 0 Å². The van der Waals surface area contributed by atoms with Gasteiger partial charge >= 0.3 is 7.69 Å². The summed E-state index contributed by atoms with van der Waals surface area (Å²) in [5.74, 6) is 4.65. The predicted molar refractivity (Wildman–Crippen MR) is 32.0 cm³/mol. The van der Waals surface area contributed by atoms with E-state index in [4.69, 9.17) is 4.76 Å². The van der Waals surface area contributed by atoms with Crippen molar-refractivity contribution in [1.82, 2.24) is 4.73 Å². The Balaban J connectivity index is 2.30. The number of hydrogen-bond donors (Lipinski definition) is 1. The van der Waals surface area contributed by atoms with Gasteiger partial charge in [-0.1, -0.05) is 0 Å². The first kappa shape index (κ1) is 6.19. The molecule has 1 rings (SSSR count). The van der Waals surface area contributed by atoms with Crippen molar-refractivity contribution in [2.24, 2.45) is 5.90 Å². The van der Waals surface area contributed by atoms with Crippen molar-refractivity contribution in [3.63, 3.8) is 0 Å². The fraction of sp³-hybridized carbons (Fsp3) is 0. The Kier molecular flexibility index (Phi) is 2.17. The number of rotatable bonds is 3. The van der Waals surface area contributed by atoms with Crippen LogP contribution in [0, 0.1) is 0 Å². The molecular weight excluding hydrogens is 119 g/mol. The van der Waals surface area contributed by atoms with E-state index in [1.807, 2.05) is 12.1 Å². The molecule has 4 nitrogen and oxygen atoms in total. The minimum Gasteiger partial charge on any atom is -0.446 e. The minimum absolute atomic E-state index is 1.03. The summed E-state index contributed by atoms with van der Waals surface area (Å²) in [5, 5.41) is 0. The van der Waals surface area contributed by atoms with Gasteiger partial charge in [0.2, 0.25) is 0 Å². The Hall–Kier alpha value is -0.935. The molecule has 0 aromatic carbocycles. The number of nitrogens with two attached hydrogens (primary N) is 1. The molecule has 0 saturated carbocycles. The highest BCUT2D eigenvalue weighted by Crippen LogP contribution is 1.83. The maximum Gasteiger partial charge on any atom is 0.612 e. The second-order valence-corrected chi connectivity index (χ2v) is 1.38. The van der Waals surface area contributed by atoms with Crippen molar-refractivity contribution in [3.05, 3.63) is 24.5 Å². The molecule has 0 unspecified atom stereocenters. The van der Waals surface area contributed by atoms with Crippen LogP contribution in [0.1, 0.15) is 0 Å². The van der Waals surface area contributed by atoms with Crippen LogP contribution in [0.4, 0.5) is 0 Å². The Morgan fingerprint density at radius 1 is 1.33 bits per heavy atom. The Morgan fingerprint density at radius 2 is 2.00 bits per heavy atom. The van der Waals surface area contributed by atoms with E-state index in [-0.39, 0.29) is 0 Å². The molecular formula is C4H6BN2O2. The van der Waals surface area contributed by atoms with Crippen LogP contribution in [0.2, 0.25) is 0 Å². The molecule has 1 aromatic rings. The van der Waals surface area contributed by atoms with Crippen LogP contribution in [-0.2, 0) is 4.76 Å². The quantitative estimate of drug-likeness (QED) is 0.431. The topological polar surface area (TPSA) is 49.4 Å². The molecule has 0 aliphatic rings. The fourth-order valence-corrected chi connectivity index (χ4v) is 0.464. The van der Waals surface area contributed by atoms with E-state index < -0.39 is 0 Å². The third-order valence-electron chi connectivity index (χ3n) is 0.797. The second kappa shape index (κ2) is 3.16. The number of hydrogen-bond acceptors (Lipinski definition) is 3. The first-order valence-electron chi connectivity index (χ1n) is 2.41. The zero-order valence-corrected chi connectivity index (χ0v) is 4.73. The van der Waals surface area contributed by atoms with E-state index in [0.717, 1.165) is 7.69 Å². The Morgan fingerprint density at radius 3 is 2.56 bits per heavy atom. The summed E-state index contributed by atoms with van der Waals surface area (Å²) in [4.78, 5) is 0. The van der Waals surface area contributed by atoms with Crippen LogP contribution < -0.4 is 10.7 Å². The van der Waals surface area contributed by atoms with E-state index in [1.54, 1.807) is 12.4 Å². The highest BCUT2D eigenvalue weighted by atomic mass is 16.7. The number of aromatic nitrogens is 1. The van der Waals surface area contributed by atoms with Gasteiger partial charge in [0.15, 0.2) is 0 Å². The van der Waals surface area contributed by atoms with Crippen molar-refractivity contribution in [3.8, 4) is 0 Å². The monoisotopic (exact) mass is 125 g/mol. The molecule has 2 N–H and O–H groups in total. The van der Waals surface area contributed by atoms with Crippen molar-refractivity contribution >= 4 is 7.69 Å².